The van der Waals surface area contributed by atoms with Gasteiger partial charge in [-0.15, -0.1) is 11.3 Å². The molecular formula is C24H24N2O4S. The second-order valence-electron chi connectivity index (χ2n) is 7.21. The molecule has 0 bridgehead atoms. The standard InChI is InChI=1S/C24H24N2O4S/c1-4-29-20-8-5-7-16-18-14-17(22-9-6-12-31-22)25-26(18)24(30-23(16)20)15-10-11-19(27-2)21(13-15)28-3/h5-14,18,24-25H,4H2,1-3H3. The Morgan fingerprint density at radius 3 is 2.65 bits per heavy atom. The molecule has 0 fully saturated rings. The van der Waals surface area contributed by atoms with E-state index in [-0.39, 0.29) is 12.3 Å². The van der Waals surface area contributed by atoms with Crippen molar-refractivity contribution in [3.8, 4) is 23.0 Å². The molecule has 0 amide bonds. The molecule has 0 saturated heterocycles. The van der Waals surface area contributed by atoms with Crippen LogP contribution in [0.1, 0.15) is 35.2 Å². The van der Waals surface area contributed by atoms with Gasteiger partial charge in [0.05, 0.1) is 37.4 Å². The van der Waals surface area contributed by atoms with Gasteiger partial charge in [-0.1, -0.05) is 18.2 Å². The van der Waals surface area contributed by atoms with Crippen LogP contribution < -0.4 is 24.4 Å². The van der Waals surface area contributed by atoms with Crippen LogP contribution in [0.15, 0.2) is 60.0 Å². The van der Waals surface area contributed by atoms with Crippen molar-refractivity contribution in [2.24, 2.45) is 0 Å². The lowest BCUT2D eigenvalue weighted by atomic mass is 10.0. The molecule has 2 aliphatic rings. The molecule has 160 valence electrons. The highest BCUT2D eigenvalue weighted by Crippen LogP contribution is 2.50. The first-order chi connectivity index (χ1) is 15.2. The minimum atomic E-state index is -0.382. The fourth-order valence-corrected chi connectivity index (χ4v) is 4.76. The average Bonchev–Trinajstić information content (AvgIpc) is 3.48. The molecule has 0 radical (unpaired) electrons. The Hall–Kier alpha value is -3.16. The summed E-state index contributed by atoms with van der Waals surface area (Å²) in [6.45, 7) is 2.55. The number of nitrogens with zero attached hydrogens (tertiary/aromatic N) is 1. The Bertz CT molecular complexity index is 1110. The number of fused-ring (bicyclic) bond motifs is 3. The molecule has 5 rings (SSSR count). The van der Waals surface area contributed by atoms with E-state index < -0.39 is 0 Å². The molecule has 2 atom stereocenters. The Labute approximate surface area is 185 Å². The highest BCUT2D eigenvalue weighted by molar-refractivity contribution is 7.11. The van der Waals surface area contributed by atoms with Crippen molar-refractivity contribution >= 4 is 17.0 Å². The largest absolute Gasteiger partial charge is 0.493 e. The minimum absolute atomic E-state index is 0.000599. The van der Waals surface area contributed by atoms with Gasteiger partial charge < -0.3 is 24.4 Å². The lowest BCUT2D eigenvalue weighted by Gasteiger charge is -2.39. The Balaban J connectivity index is 1.61. The zero-order valence-electron chi connectivity index (χ0n) is 17.6. The van der Waals surface area contributed by atoms with Gasteiger partial charge >= 0.3 is 0 Å². The highest BCUT2D eigenvalue weighted by atomic mass is 32.1. The van der Waals surface area contributed by atoms with E-state index in [9.17, 15) is 0 Å². The van der Waals surface area contributed by atoms with Crippen LogP contribution in [-0.2, 0) is 0 Å². The number of rotatable bonds is 6. The van der Waals surface area contributed by atoms with E-state index in [1.165, 1.54) is 4.88 Å². The van der Waals surface area contributed by atoms with Gasteiger partial charge in [-0.05, 0) is 48.7 Å². The van der Waals surface area contributed by atoms with Crippen LogP contribution >= 0.6 is 11.3 Å². The molecule has 2 aliphatic heterocycles. The third kappa shape index (κ3) is 3.40. The minimum Gasteiger partial charge on any atom is -0.493 e. The first-order valence-electron chi connectivity index (χ1n) is 10.2. The maximum atomic E-state index is 6.57. The van der Waals surface area contributed by atoms with Gasteiger partial charge in [0.15, 0.2) is 29.2 Å². The zero-order chi connectivity index (χ0) is 21.4. The second kappa shape index (κ2) is 8.17. The van der Waals surface area contributed by atoms with Gasteiger partial charge in [0.1, 0.15) is 0 Å². The molecule has 0 aliphatic carbocycles. The van der Waals surface area contributed by atoms with Crippen LogP contribution in [0.3, 0.4) is 0 Å². The summed E-state index contributed by atoms with van der Waals surface area (Å²) in [6, 6.07) is 16.1. The maximum Gasteiger partial charge on any atom is 0.196 e. The number of ether oxygens (including phenoxy) is 4. The van der Waals surface area contributed by atoms with Gasteiger partial charge in [0, 0.05) is 11.1 Å². The summed E-state index contributed by atoms with van der Waals surface area (Å²) in [5.74, 6) is 2.87. The number of nitrogens with one attached hydrogen (secondary N) is 1. The topological polar surface area (TPSA) is 52.2 Å². The number of para-hydroxylation sites is 1. The first kappa shape index (κ1) is 19.8. The van der Waals surface area contributed by atoms with Crippen LogP contribution in [0.4, 0.5) is 0 Å². The zero-order valence-corrected chi connectivity index (χ0v) is 18.4. The molecule has 3 aromatic rings. The number of methoxy groups -OCH3 is 2. The van der Waals surface area contributed by atoms with E-state index >= 15 is 0 Å². The summed E-state index contributed by atoms with van der Waals surface area (Å²) >= 11 is 1.71. The SMILES string of the molecule is CCOc1cccc2c1OC(c1ccc(OC)c(OC)c1)N1NC(c3cccs3)=CC21. The molecule has 2 aromatic carbocycles. The van der Waals surface area contributed by atoms with Crippen LogP contribution in [0, 0.1) is 0 Å². The van der Waals surface area contributed by atoms with E-state index in [1.54, 1.807) is 25.6 Å². The van der Waals surface area contributed by atoms with E-state index in [4.69, 9.17) is 18.9 Å². The summed E-state index contributed by atoms with van der Waals surface area (Å²) < 4.78 is 23.4. The lowest BCUT2D eigenvalue weighted by Crippen LogP contribution is -2.43. The third-order valence-electron chi connectivity index (χ3n) is 5.46. The van der Waals surface area contributed by atoms with Gasteiger partial charge in [-0.2, -0.15) is 5.01 Å². The predicted molar refractivity (Wildman–Crippen MR) is 121 cm³/mol. The van der Waals surface area contributed by atoms with Crippen LogP contribution in [0.25, 0.3) is 5.70 Å². The van der Waals surface area contributed by atoms with Crippen molar-refractivity contribution < 1.29 is 18.9 Å². The molecule has 1 N–H and O–H groups in total. The van der Waals surface area contributed by atoms with Gasteiger partial charge in [-0.25, -0.2) is 0 Å². The Kier molecular flexibility index (Phi) is 5.21. The number of thiophene rings is 1. The summed E-state index contributed by atoms with van der Waals surface area (Å²) in [5, 5.41) is 4.22. The fourth-order valence-electron chi connectivity index (χ4n) is 4.06. The summed E-state index contributed by atoms with van der Waals surface area (Å²) in [6.07, 6.45) is 1.86. The molecule has 6 nitrogen and oxygen atoms in total. The van der Waals surface area contributed by atoms with Crippen LogP contribution in [0.2, 0.25) is 0 Å². The summed E-state index contributed by atoms with van der Waals surface area (Å²) in [5.41, 5.74) is 6.67. The van der Waals surface area contributed by atoms with Gasteiger partial charge in [0.25, 0.3) is 0 Å². The number of hydrazine groups is 1. The maximum absolute atomic E-state index is 6.57. The predicted octanol–water partition coefficient (Wildman–Crippen LogP) is 5.16. The highest BCUT2D eigenvalue weighted by Gasteiger charge is 2.41. The van der Waals surface area contributed by atoms with Crippen molar-refractivity contribution in [1.82, 2.24) is 10.4 Å². The molecule has 3 heterocycles. The van der Waals surface area contributed by atoms with E-state index in [2.05, 4.69) is 40.1 Å². The van der Waals surface area contributed by atoms with Crippen molar-refractivity contribution in [2.45, 2.75) is 19.2 Å². The van der Waals surface area contributed by atoms with Crippen molar-refractivity contribution in [2.75, 3.05) is 20.8 Å². The van der Waals surface area contributed by atoms with Crippen LogP contribution in [0.5, 0.6) is 23.0 Å². The lowest BCUT2D eigenvalue weighted by molar-refractivity contribution is -0.0346. The van der Waals surface area contributed by atoms with Crippen molar-refractivity contribution in [3.05, 3.63) is 76.0 Å². The van der Waals surface area contributed by atoms with E-state index in [0.29, 0.717) is 18.1 Å². The van der Waals surface area contributed by atoms with Gasteiger partial charge in [0.2, 0.25) is 0 Å². The normalized spacial score (nSPS) is 19.5. The van der Waals surface area contributed by atoms with Gasteiger partial charge in [-0.3, -0.25) is 0 Å². The average molecular weight is 437 g/mol. The smallest absolute Gasteiger partial charge is 0.196 e. The molecule has 0 spiro atoms. The number of hydrogen-bond donors (Lipinski definition) is 1. The molecule has 0 saturated carbocycles. The molecule has 2 unspecified atom stereocenters. The quantitative estimate of drug-likeness (QED) is 0.576. The molecule has 31 heavy (non-hydrogen) atoms. The number of hydrogen-bond acceptors (Lipinski definition) is 7. The Morgan fingerprint density at radius 2 is 1.90 bits per heavy atom. The van der Waals surface area contributed by atoms with E-state index in [1.807, 2.05) is 37.3 Å². The Morgan fingerprint density at radius 1 is 1.03 bits per heavy atom. The third-order valence-corrected chi connectivity index (χ3v) is 6.37. The molecule has 7 heteroatoms. The summed E-state index contributed by atoms with van der Waals surface area (Å²) in [7, 11) is 3.27. The second-order valence-corrected chi connectivity index (χ2v) is 8.16. The fraction of sp³-hybridized carbons (Fsp3) is 0.250. The molecule has 1 aromatic heterocycles. The van der Waals surface area contributed by atoms with Crippen LogP contribution in [-0.4, -0.2) is 25.8 Å². The summed E-state index contributed by atoms with van der Waals surface area (Å²) in [4.78, 5) is 1.18. The first-order valence-corrected chi connectivity index (χ1v) is 11.1. The number of benzene rings is 2. The monoisotopic (exact) mass is 436 g/mol. The molecular weight excluding hydrogens is 412 g/mol. The van der Waals surface area contributed by atoms with Crippen molar-refractivity contribution in [1.29, 1.82) is 0 Å². The van der Waals surface area contributed by atoms with Crippen molar-refractivity contribution in [3.63, 3.8) is 0 Å². The van der Waals surface area contributed by atoms with E-state index in [0.717, 1.165) is 28.3 Å².